The molecular formula is C20H26N2O3S. The average Bonchev–Trinajstić information content (AvgIpc) is 2.60. The molecule has 26 heavy (non-hydrogen) atoms. The molecule has 0 heterocycles. The van der Waals surface area contributed by atoms with Crippen LogP contribution in [0.1, 0.15) is 41.3 Å². The zero-order valence-electron chi connectivity index (χ0n) is 15.5. The van der Waals surface area contributed by atoms with Crippen molar-refractivity contribution in [2.45, 2.75) is 33.2 Å². The van der Waals surface area contributed by atoms with E-state index in [1.165, 1.54) is 10.6 Å². The highest BCUT2D eigenvalue weighted by atomic mass is 32.2. The number of amides is 1. The molecule has 0 aliphatic carbocycles. The molecule has 0 fully saturated rings. The van der Waals surface area contributed by atoms with Crippen LogP contribution in [0.5, 0.6) is 0 Å². The summed E-state index contributed by atoms with van der Waals surface area (Å²) in [6, 6.07) is 14.4. The van der Waals surface area contributed by atoms with Gasteiger partial charge in [-0.15, -0.1) is 0 Å². The van der Waals surface area contributed by atoms with Crippen molar-refractivity contribution < 1.29 is 13.2 Å². The fourth-order valence-electron chi connectivity index (χ4n) is 2.52. The number of carbonyl (C=O) groups excluding carboxylic acids is 1. The topological polar surface area (TPSA) is 66.5 Å². The number of rotatable bonds is 8. The summed E-state index contributed by atoms with van der Waals surface area (Å²) in [5.41, 5.74) is 3.09. The van der Waals surface area contributed by atoms with Crippen molar-refractivity contribution >= 4 is 21.6 Å². The number of nitrogens with one attached hydrogen (secondary N) is 1. The second kappa shape index (κ2) is 8.85. The molecule has 1 N–H and O–H groups in total. The van der Waals surface area contributed by atoms with E-state index in [1.54, 1.807) is 24.3 Å². The van der Waals surface area contributed by atoms with Crippen molar-refractivity contribution in [3.63, 3.8) is 0 Å². The summed E-state index contributed by atoms with van der Waals surface area (Å²) >= 11 is 0. The van der Waals surface area contributed by atoms with E-state index in [0.29, 0.717) is 17.8 Å². The molecule has 0 atom stereocenters. The molecule has 0 aromatic heterocycles. The van der Waals surface area contributed by atoms with Crippen molar-refractivity contribution in [3.05, 3.63) is 65.2 Å². The van der Waals surface area contributed by atoms with Crippen molar-refractivity contribution in [1.82, 2.24) is 5.32 Å². The summed E-state index contributed by atoms with van der Waals surface area (Å²) in [6.45, 7) is 4.94. The maximum Gasteiger partial charge on any atom is 0.251 e. The van der Waals surface area contributed by atoms with Crippen LogP contribution in [0.4, 0.5) is 5.69 Å². The van der Waals surface area contributed by atoms with Gasteiger partial charge < -0.3 is 5.32 Å². The molecule has 0 spiro atoms. The Labute approximate surface area is 156 Å². The number of sulfonamides is 1. The Kier molecular flexibility index (Phi) is 6.80. The van der Waals surface area contributed by atoms with Crippen LogP contribution < -0.4 is 9.62 Å². The third-order valence-corrected chi connectivity index (χ3v) is 5.22. The van der Waals surface area contributed by atoms with Gasteiger partial charge in [-0.3, -0.25) is 9.10 Å². The van der Waals surface area contributed by atoms with Crippen molar-refractivity contribution in [3.8, 4) is 0 Å². The Hall–Kier alpha value is -2.34. The maximum absolute atomic E-state index is 12.2. The maximum atomic E-state index is 12.2. The predicted octanol–water partition coefficient (Wildman–Crippen LogP) is 3.49. The summed E-state index contributed by atoms with van der Waals surface area (Å²) in [7, 11) is -3.44. The van der Waals surface area contributed by atoms with Gasteiger partial charge in [0.2, 0.25) is 10.0 Å². The Balaban J connectivity index is 2.18. The quantitative estimate of drug-likeness (QED) is 0.719. The van der Waals surface area contributed by atoms with E-state index in [2.05, 4.69) is 12.2 Å². The van der Waals surface area contributed by atoms with Crippen LogP contribution in [-0.4, -0.2) is 27.1 Å². The van der Waals surface area contributed by atoms with Crippen LogP contribution >= 0.6 is 0 Å². The Bertz CT molecular complexity index is 828. The van der Waals surface area contributed by atoms with Crippen LogP contribution in [-0.2, 0) is 16.6 Å². The predicted molar refractivity (Wildman–Crippen MR) is 106 cm³/mol. The van der Waals surface area contributed by atoms with Crippen molar-refractivity contribution in [1.29, 1.82) is 0 Å². The summed E-state index contributed by atoms with van der Waals surface area (Å²) in [5, 5.41) is 2.85. The Morgan fingerprint density at radius 1 is 1.04 bits per heavy atom. The number of benzene rings is 2. The Morgan fingerprint density at radius 2 is 1.65 bits per heavy atom. The van der Waals surface area contributed by atoms with E-state index in [4.69, 9.17) is 0 Å². The molecular weight excluding hydrogens is 348 g/mol. The number of aryl methyl sites for hydroxylation is 1. The van der Waals surface area contributed by atoms with E-state index in [0.717, 1.165) is 24.0 Å². The van der Waals surface area contributed by atoms with Crippen LogP contribution in [0.25, 0.3) is 0 Å². The van der Waals surface area contributed by atoms with Gasteiger partial charge in [-0.05, 0) is 43.2 Å². The van der Waals surface area contributed by atoms with Crippen LogP contribution in [0.3, 0.4) is 0 Å². The molecule has 2 rings (SSSR count). The van der Waals surface area contributed by atoms with Gasteiger partial charge in [0.15, 0.2) is 0 Å². The number of nitrogens with zero attached hydrogens (tertiary/aromatic N) is 1. The third kappa shape index (κ3) is 5.59. The largest absolute Gasteiger partial charge is 0.352 e. The molecule has 0 aliphatic rings. The van der Waals surface area contributed by atoms with Gasteiger partial charge in [0.1, 0.15) is 0 Å². The summed E-state index contributed by atoms with van der Waals surface area (Å²) in [5.74, 6) is -0.144. The molecule has 0 bridgehead atoms. The lowest BCUT2D eigenvalue weighted by molar-refractivity contribution is 0.0953. The summed E-state index contributed by atoms with van der Waals surface area (Å²) in [4.78, 5) is 12.1. The minimum Gasteiger partial charge on any atom is -0.352 e. The first-order chi connectivity index (χ1) is 12.3. The molecule has 0 unspecified atom stereocenters. The summed E-state index contributed by atoms with van der Waals surface area (Å²) in [6.07, 6.45) is 3.14. The van der Waals surface area contributed by atoms with E-state index >= 15 is 0 Å². The highest BCUT2D eigenvalue weighted by Crippen LogP contribution is 2.21. The number of carbonyl (C=O) groups is 1. The highest BCUT2D eigenvalue weighted by molar-refractivity contribution is 7.92. The van der Waals surface area contributed by atoms with Gasteiger partial charge in [-0.1, -0.05) is 43.2 Å². The molecule has 0 saturated heterocycles. The van der Waals surface area contributed by atoms with Crippen molar-refractivity contribution in [2.75, 3.05) is 17.1 Å². The van der Waals surface area contributed by atoms with E-state index in [-0.39, 0.29) is 12.5 Å². The van der Waals surface area contributed by atoms with Crippen LogP contribution in [0.15, 0.2) is 48.5 Å². The third-order valence-electron chi connectivity index (χ3n) is 4.08. The molecule has 6 heteroatoms. The SMILES string of the molecule is CCCCNC(=O)c1ccc(N(Cc2ccc(C)cc2)S(C)(=O)=O)cc1. The van der Waals surface area contributed by atoms with Gasteiger partial charge in [0.05, 0.1) is 18.5 Å². The number of hydrogen-bond donors (Lipinski definition) is 1. The van der Waals surface area contributed by atoms with Crippen LogP contribution in [0, 0.1) is 6.92 Å². The fraction of sp³-hybridized carbons (Fsp3) is 0.350. The molecule has 0 saturated carbocycles. The van der Waals surface area contributed by atoms with E-state index in [9.17, 15) is 13.2 Å². The molecule has 140 valence electrons. The molecule has 1 amide bonds. The lowest BCUT2D eigenvalue weighted by Gasteiger charge is -2.23. The first kappa shape index (κ1) is 20.0. The zero-order chi connectivity index (χ0) is 19.2. The van der Waals surface area contributed by atoms with E-state index < -0.39 is 10.0 Å². The second-order valence-electron chi connectivity index (χ2n) is 6.41. The van der Waals surface area contributed by atoms with Gasteiger partial charge in [0, 0.05) is 12.1 Å². The van der Waals surface area contributed by atoms with Gasteiger partial charge in [0.25, 0.3) is 5.91 Å². The molecule has 2 aromatic carbocycles. The van der Waals surface area contributed by atoms with Gasteiger partial charge in [-0.2, -0.15) is 0 Å². The number of unbranched alkanes of at least 4 members (excludes halogenated alkanes) is 1. The number of hydrogen-bond acceptors (Lipinski definition) is 3. The Morgan fingerprint density at radius 3 is 2.19 bits per heavy atom. The number of anilines is 1. The molecule has 0 radical (unpaired) electrons. The summed E-state index contributed by atoms with van der Waals surface area (Å²) < 4.78 is 25.8. The van der Waals surface area contributed by atoms with E-state index in [1.807, 2.05) is 31.2 Å². The van der Waals surface area contributed by atoms with Crippen molar-refractivity contribution in [2.24, 2.45) is 0 Å². The minimum atomic E-state index is -3.44. The standard InChI is InChI=1S/C20H26N2O3S/c1-4-5-14-21-20(23)18-10-12-19(13-11-18)22(26(3,24)25)15-17-8-6-16(2)7-9-17/h6-13H,4-5,14-15H2,1-3H3,(H,21,23). The van der Waals surface area contributed by atoms with Crippen LogP contribution in [0.2, 0.25) is 0 Å². The first-order valence-corrected chi connectivity index (χ1v) is 10.6. The lowest BCUT2D eigenvalue weighted by Crippen LogP contribution is -2.29. The van der Waals surface area contributed by atoms with Gasteiger partial charge in [-0.25, -0.2) is 8.42 Å². The average molecular weight is 375 g/mol. The second-order valence-corrected chi connectivity index (χ2v) is 8.32. The zero-order valence-corrected chi connectivity index (χ0v) is 16.3. The highest BCUT2D eigenvalue weighted by Gasteiger charge is 2.18. The first-order valence-electron chi connectivity index (χ1n) is 8.73. The normalized spacial score (nSPS) is 11.2. The molecule has 2 aromatic rings. The monoisotopic (exact) mass is 374 g/mol. The fourth-order valence-corrected chi connectivity index (χ4v) is 3.41. The minimum absolute atomic E-state index is 0.144. The molecule has 5 nitrogen and oxygen atoms in total. The smallest absolute Gasteiger partial charge is 0.251 e. The molecule has 0 aliphatic heterocycles. The van der Waals surface area contributed by atoms with Gasteiger partial charge >= 0.3 is 0 Å². The lowest BCUT2D eigenvalue weighted by atomic mass is 10.1.